The average Bonchev–Trinajstić information content (AvgIpc) is 0.770. The molecule has 0 aromatic rings. The van der Waals surface area contributed by atoms with Crippen molar-refractivity contribution in [2.24, 2.45) is 116 Å². The number of hydrogen-bond donors (Lipinski definition) is 0. The summed E-state index contributed by atoms with van der Waals surface area (Å²) in [6, 6.07) is 0. The molecule has 0 aromatic carbocycles. The molecule has 3 rings (SSSR count). The van der Waals surface area contributed by atoms with Crippen molar-refractivity contribution in [3.05, 3.63) is 0 Å². The third-order valence-corrected chi connectivity index (χ3v) is 29.3. The van der Waals surface area contributed by atoms with Crippen LogP contribution in [0.15, 0.2) is 0 Å². The fourth-order valence-corrected chi connectivity index (χ4v) is 18.9. The fourth-order valence-electron chi connectivity index (χ4n) is 18.9. The maximum atomic E-state index is 15.4. The fraction of sp³-hybridized carbons (Fsp3) is 1.00. The Morgan fingerprint density at radius 2 is 0.450 bits per heavy atom. The maximum absolute atomic E-state index is 15.4. The second-order valence-corrected chi connectivity index (χ2v) is 43.7. The van der Waals surface area contributed by atoms with E-state index in [0.717, 1.165) is 154 Å². The number of hydrogen-bond acceptors (Lipinski definition) is 0. The van der Waals surface area contributed by atoms with Crippen molar-refractivity contribution in [1.82, 2.24) is 0 Å². The van der Waals surface area contributed by atoms with Gasteiger partial charge in [-0.1, -0.05) is 341 Å². The lowest BCUT2D eigenvalue weighted by atomic mass is 9.57. The molecular formula is C102H209F9. The monoisotopic (exact) mass is 1610 g/mol. The molecule has 0 N–H and O–H groups in total. The van der Waals surface area contributed by atoms with E-state index < -0.39 is 51.0 Å². The van der Waals surface area contributed by atoms with Crippen LogP contribution in [0.4, 0.5) is 39.5 Å². The molecule has 0 radical (unpaired) electrons. The van der Waals surface area contributed by atoms with Gasteiger partial charge in [-0.2, -0.15) is 0 Å². The predicted octanol–water partition coefficient (Wildman–Crippen LogP) is 38.2. The summed E-state index contributed by atoms with van der Waals surface area (Å²) in [6.07, 6.45) is 23.5. The molecule has 0 bridgehead atoms. The summed E-state index contributed by atoms with van der Waals surface area (Å²) in [5.74, 6) is 3.86. The molecular weight excluding hydrogens is 1400 g/mol. The average molecular weight is 1610 g/mol. The van der Waals surface area contributed by atoms with E-state index in [2.05, 4.69) is 222 Å². The first-order chi connectivity index (χ1) is 49.6. The summed E-state index contributed by atoms with van der Waals surface area (Å²) in [4.78, 5) is 0. The number of halogens is 9. The van der Waals surface area contributed by atoms with Crippen molar-refractivity contribution in [2.75, 3.05) is 0 Å². The highest BCUT2D eigenvalue weighted by Gasteiger charge is 2.54. The highest BCUT2D eigenvalue weighted by Crippen LogP contribution is 2.55. The van der Waals surface area contributed by atoms with Crippen LogP contribution in [0.25, 0.3) is 0 Å². The lowest BCUT2D eigenvalue weighted by Gasteiger charge is -2.51. The molecule has 3 fully saturated rings. The first-order valence-corrected chi connectivity index (χ1v) is 46.8. The smallest absolute Gasteiger partial charge is 0.118 e. The van der Waals surface area contributed by atoms with Crippen LogP contribution in [0.3, 0.4) is 0 Å². The molecule has 680 valence electrons. The molecule has 3 aliphatic carbocycles. The standard InChI is InChI=1S/C16H33F.C14H29F.2C12H25F.C11H23F.C10H21F.C9H17F.C7H13F.C6H11F.C5H12/c1-10(2)14(11(3)4)16(9,17)15(12(5)6)13(7)8;1-8-12(5,9-2)14(7,15)13(6,10-3)11-4;1-8(2)11(9(3)4)12(7,13)10(5)6;1-6-10(7-2)12(5,13)11(8-3)9-4;1-7-10(5,8-2)11(6,12)9(3)4;1-6-9(7-2)10(5,11)8(3)4;1-8(2)4-6-9(3,10)7-5-8;1-7(8)5-3-2-4-6-7;1-6(7)4-2-3-5-6;1-5(2,3)4/h10-15H,1-9H3;8-11H2,1-7H3;8-11H,1-7H3;10-11H,6-9H2,1-5H3;9H,7-8H2,1-6H3;8-9H,6-7H2,1-5H3;4-7H2,1-3H3;2-6H2,1H3;2-5H2,1H3;1-4H3/t;;12-;;11-;10-;;;;/m..0.00..../s1. The van der Waals surface area contributed by atoms with Crippen molar-refractivity contribution >= 4 is 0 Å². The van der Waals surface area contributed by atoms with Gasteiger partial charge in [0.1, 0.15) is 51.0 Å². The second kappa shape index (κ2) is 54.6. The van der Waals surface area contributed by atoms with E-state index in [1.54, 1.807) is 48.5 Å². The van der Waals surface area contributed by atoms with Crippen LogP contribution in [0.5, 0.6) is 0 Å². The lowest BCUT2D eigenvalue weighted by molar-refractivity contribution is -0.0946. The molecule has 0 spiro atoms. The van der Waals surface area contributed by atoms with E-state index >= 15 is 8.78 Å². The minimum atomic E-state index is -1.09. The molecule has 3 saturated carbocycles. The zero-order chi connectivity index (χ0) is 90.3. The third kappa shape index (κ3) is 45.0. The third-order valence-electron chi connectivity index (χ3n) is 29.3. The van der Waals surface area contributed by atoms with E-state index in [4.69, 9.17) is 0 Å². The Hall–Kier alpha value is -0.630. The Kier molecular flexibility index (Phi) is 60.8. The maximum Gasteiger partial charge on any atom is 0.118 e. The van der Waals surface area contributed by atoms with Crippen LogP contribution in [0.2, 0.25) is 0 Å². The summed E-state index contributed by atoms with van der Waals surface area (Å²) in [7, 11) is 0. The van der Waals surface area contributed by atoms with Gasteiger partial charge in [0.25, 0.3) is 0 Å². The first kappa shape index (κ1) is 124. The Morgan fingerprint density at radius 1 is 0.252 bits per heavy atom. The van der Waals surface area contributed by atoms with Gasteiger partial charge in [-0.3, -0.25) is 0 Å². The molecule has 3 atom stereocenters. The van der Waals surface area contributed by atoms with Crippen LogP contribution in [-0.4, -0.2) is 51.0 Å². The first-order valence-electron chi connectivity index (χ1n) is 46.8. The summed E-state index contributed by atoms with van der Waals surface area (Å²) < 4.78 is 126. The van der Waals surface area contributed by atoms with E-state index in [0.29, 0.717) is 46.3 Å². The summed E-state index contributed by atoms with van der Waals surface area (Å²) >= 11 is 0. The normalized spacial score (nSPS) is 18.4. The van der Waals surface area contributed by atoms with Gasteiger partial charge in [0.2, 0.25) is 0 Å². The van der Waals surface area contributed by atoms with Gasteiger partial charge >= 0.3 is 0 Å². The molecule has 0 unspecified atom stereocenters. The Balaban J connectivity index is -0.000000219. The van der Waals surface area contributed by atoms with Gasteiger partial charge in [0.05, 0.1) is 0 Å². The zero-order valence-corrected chi connectivity index (χ0v) is 84.7. The van der Waals surface area contributed by atoms with Gasteiger partial charge in [-0.15, -0.1) is 0 Å². The minimum Gasteiger partial charge on any atom is -0.244 e. The van der Waals surface area contributed by atoms with Crippen LogP contribution in [0, 0.1) is 116 Å². The van der Waals surface area contributed by atoms with Gasteiger partial charge in [0, 0.05) is 16.2 Å². The van der Waals surface area contributed by atoms with Crippen LogP contribution in [-0.2, 0) is 0 Å². The molecule has 0 amide bonds. The summed E-state index contributed by atoms with van der Waals surface area (Å²) in [5, 5.41) is 0. The van der Waals surface area contributed by atoms with Crippen LogP contribution < -0.4 is 0 Å². The van der Waals surface area contributed by atoms with Crippen molar-refractivity contribution in [3.63, 3.8) is 0 Å². The van der Waals surface area contributed by atoms with Gasteiger partial charge in [-0.05, 0) is 252 Å². The van der Waals surface area contributed by atoms with E-state index in [-0.39, 0.29) is 69.5 Å². The topological polar surface area (TPSA) is 0 Å². The van der Waals surface area contributed by atoms with Crippen molar-refractivity contribution in [1.29, 1.82) is 0 Å². The van der Waals surface area contributed by atoms with E-state index in [9.17, 15) is 30.7 Å². The van der Waals surface area contributed by atoms with Crippen LogP contribution >= 0.6 is 0 Å². The molecule has 3 aliphatic rings. The van der Waals surface area contributed by atoms with Crippen molar-refractivity contribution in [3.8, 4) is 0 Å². The van der Waals surface area contributed by atoms with E-state index in [1.807, 2.05) is 62.3 Å². The SMILES string of the molecule is CC(C)(C)C.CC(C)C(C(C)C)C(C)(F)C(C(C)C)C(C)C.CC(C)C(C(C)C)[C@@](C)(F)C(C)C.CC1(C)CCC(C)(F)CC1.CC1(F)CCCC1.CC1(F)CCCCC1.CCC(C)(CC)C(C)(F)C(C)(CC)CC.CCC(C)(CC)[C@@](C)(F)C(C)C.CCC(CC)C(C)(F)C(CC)CC.CCC(CC)[C@@](C)(F)C(C)C. The van der Waals surface area contributed by atoms with Crippen molar-refractivity contribution in [2.45, 2.75) is 544 Å². The van der Waals surface area contributed by atoms with Gasteiger partial charge in [0.15, 0.2) is 0 Å². The number of alkyl halides is 9. The zero-order valence-electron chi connectivity index (χ0n) is 84.7. The number of rotatable bonds is 30. The largest absolute Gasteiger partial charge is 0.244 e. The van der Waals surface area contributed by atoms with Crippen molar-refractivity contribution < 1.29 is 39.5 Å². The highest BCUT2D eigenvalue weighted by atomic mass is 19.2. The second-order valence-electron chi connectivity index (χ2n) is 43.7. The van der Waals surface area contributed by atoms with Crippen LogP contribution in [0.1, 0.15) is 493 Å². The van der Waals surface area contributed by atoms with Gasteiger partial charge < -0.3 is 0 Å². The molecule has 111 heavy (non-hydrogen) atoms. The summed E-state index contributed by atoms with van der Waals surface area (Å²) in [6.45, 7) is 97.8. The quantitative estimate of drug-likeness (QED) is 0.0629. The Labute approximate surface area is 695 Å². The highest BCUT2D eigenvalue weighted by molar-refractivity contribution is 5.03. The van der Waals surface area contributed by atoms with E-state index in [1.165, 1.54) is 6.42 Å². The molecule has 0 aromatic heterocycles. The van der Waals surface area contributed by atoms with Gasteiger partial charge in [-0.25, -0.2) is 39.5 Å². The molecule has 0 saturated heterocycles. The molecule has 0 nitrogen and oxygen atoms in total. The minimum absolute atomic E-state index is 0.0994. The lowest BCUT2D eigenvalue weighted by Crippen LogP contribution is -2.51. The molecule has 0 aliphatic heterocycles. The Morgan fingerprint density at radius 3 is 0.586 bits per heavy atom. The predicted molar refractivity (Wildman–Crippen MR) is 487 cm³/mol. The molecule has 9 heteroatoms. The summed E-state index contributed by atoms with van der Waals surface area (Å²) in [5.41, 5.74) is -8.37. The molecule has 0 heterocycles. The Bertz CT molecular complexity index is 2050.